The van der Waals surface area contributed by atoms with Gasteiger partial charge in [0.05, 0.1) is 33.7 Å². The van der Waals surface area contributed by atoms with Gasteiger partial charge in [0.2, 0.25) is 0 Å². The lowest BCUT2D eigenvalue weighted by Crippen LogP contribution is -2.03. The Balaban J connectivity index is 2.31. The Hall–Kier alpha value is -1.97. The number of nitriles is 1. The summed E-state index contributed by atoms with van der Waals surface area (Å²) in [5, 5.41) is 18.1. The maximum Gasteiger partial charge on any atom is 0.336 e. The van der Waals surface area contributed by atoms with Crippen LogP contribution in [-0.4, -0.2) is 15.3 Å². The summed E-state index contributed by atoms with van der Waals surface area (Å²) in [6.07, 6.45) is 0. The summed E-state index contributed by atoms with van der Waals surface area (Å²) in [6, 6.07) is 13.5. The van der Waals surface area contributed by atoms with Crippen molar-refractivity contribution in [3.63, 3.8) is 0 Å². The van der Waals surface area contributed by atoms with Gasteiger partial charge in [-0.05, 0) is 45.8 Å². The van der Waals surface area contributed by atoms with Crippen molar-refractivity contribution in [2.24, 2.45) is 0 Å². The van der Waals surface area contributed by atoms with E-state index < -0.39 is 16.8 Å². The molecule has 2 aromatic rings. The number of carbonyl (C=O) groups is 1. The molecule has 1 unspecified atom stereocenters. The highest BCUT2D eigenvalue weighted by atomic mass is 79.9. The van der Waals surface area contributed by atoms with Crippen LogP contribution in [0, 0.1) is 11.3 Å². The summed E-state index contributed by atoms with van der Waals surface area (Å²) in [5.74, 6) is -0.914. The molecular weight excluding hydrogens is 354 g/mol. The van der Waals surface area contributed by atoms with Gasteiger partial charge in [-0.3, -0.25) is 4.21 Å². The van der Waals surface area contributed by atoms with E-state index in [0.717, 1.165) is 0 Å². The van der Waals surface area contributed by atoms with E-state index in [-0.39, 0.29) is 11.3 Å². The van der Waals surface area contributed by atoms with Crippen LogP contribution in [0.3, 0.4) is 0 Å². The Morgan fingerprint density at radius 3 is 2.67 bits per heavy atom. The van der Waals surface area contributed by atoms with Crippen LogP contribution in [0.4, 0.5) is 0 Å². The first kappa shape index (κ1) is 15.4. The maximum absolute atomic E-state index is 12.4. The summed E-state index contributed by atoms with van der Waals surface area (Å²) in [4.78, 5) is 11.5. The number of halogens is 1. The largest absolute Gasteiger partial charge is 0.478 e. The lowest BCUT2D eigenvalue weighted by molar-refractivity contribution is 0.0695. The van der Waals surface area contributed by atoms with Gasteiger partial charge in [-0.2, -0.15) is 5.26 Å². The number of hydrogen-bond donors (Lipinski definition) is 1. The fourth-order valence-corrected chi connectivity index (χ4v) is 3.38. The number of rotatable bonds is 4. The van der Waals surface area contributed by atoms with E-state index in [1.165, 1.54) is 6.07 Å². The van der Waals surface area contributed by atoms with Gasteiger partial charge in [0.15, 0.2) is 0 Å². The van der Waals surface area contributed by atoms with Gasteiger partial charge >= 0.3 is 5.97 Å². The van der Waals surface area contributed by atoms with Crippen LogP contribution in [0.25, 0.3) is 0 Å². The minimum absolute atomic E-state index is 0.0643. The molecule has 2 rings (SSSR count). The molecule has 1 atom stereocenters. The highest BCUT2D eigenvalue weighted by Crippen LogP contribution is 2.22. The number of carboxylic acid groups (broad SMARTS) is 1. The lowest BCUT2D eigenvalue weighted by atomic mass is 10.1. The highest BCUT2D eigenvalue weighted by molar-refractivity contribution is 9.10. The molecule has 0 saturated carbocycles. The van der Waals surface area contributed by atoms with E-state index in [1.807, 2.05) is 0 Å². The first-order valence-corrected chi connectivity index (χ1v) is 8.03. The standard InChI is InChI=1S/C15H10BrNO3S/c16-14-6-5-12(7-13(14)15(18)19)21(20)9-11-4-2-1-3-10(11)8-17/h1-7H,9H2,(H,18,19). The van der Waals surface area contributed by atoms with Crippen molar-refractivity contribution < 1.29 is 14.1 Å². The van der Waals surface area contributed by atoms with Gasteiger partial charge in [-0.1, -0.05) is 18.2 Å². The number of carboxylic acids is 1. The maximum atomic E-state index is 12.4. The van der Waals surface area contributed by atoms with E-state index >= 15 is 0 Å². The Morgan fingerprint density at radius 1 is 1.29 bits per heavy atom. The second-order valence-corrected chi connectivity index (χ2v) is 6.51. The Labute approximate surface area is 132 Å². The fourth-order valence-electron chi connectivity index (χ4n) is 1.79. The van der Waals surface area contributed by atoms with Gasteiger partial charge in [0.25, 0.3) is 0 Å². The van der Waals surface area contributed by atoms with E-state index in [4.69, 9.17) is 10.4 Å². The summed E-state index contributed by atoms with van der Waals surface area (Å²) < 4.78 is 12.8. The Morgan fingerprint density at radius 2 is 2.00 bits per heavy atom. The molecule has 0 radical (unpaired) electrons. The molecule has 0 heterocycles. The summed E-state index contributed by atoms with van der Waals surface area (Å²) >= 11 is 3.15. The van der Waals surface area contributed by atoms with Crippen LogP contribution in [-0.2, 0) is 16.6 Å². The Kier molecular flexibility index (Phi) is 4.89. The number of hydrogen-bond acceptors (Lipinski definition) is 3. The molecule has 21 heavy (non-hydrogen) atoms. The van der Waals surface area contributed by atoms with Crippen LogP contribution in [0.2, 0.25) is 0 Å². The van der Waals surface area contributed by atoms with E-state index in [0.29, 0.717) is 20.5 Å². The van der Waals surface area contributed by atoms with Crippen LogP contribution < -0.4 is 0 Å². The third-order valence-corrected chi connectivity index (χ3v) is 4.90. The molecule has 0 amide bonds. The fraction of sp³-hybridized carbons (Fsp3) is 0.0667. The predicted molar refractivity (Wildman–Crippen MR) is 82.4 cm³/mol. The molecule has 4 nitrogen and oxygen atoms in total. The zero-order valence-corrected chi connectivity index (χ0v) is 13.1. The average Bonchev–Trinajstić information content (AvgIpc) is 2.47. The van der Waals surface area contributed by atoms with Crippen LogP contribution >= 0.6 is 15.9 Å². The minimum Gasteiger partial charge on any atom is -0.478 e. The predicted octanol–water partition coefficient (Wildman–Crippen LogP) is 3.33. The van der Waals surface area contributed by atoms with Crippen molar-refractivity contribution in [1.29, 1.82) is 5.26 Å². The van der Waals surface area contributed by atoms with Crippen molar-refractivity contribution in [3.05, 3.63) is 63.6 Å². The molecule has 0 fully saturated rings. The van der Waals surface area contributed by atoms with Crippen LogP contribution in [0.5, 0.6) is 0 Å². The van der Waals surface area contributed by atoms with Crippen molar-refractivity contribution in [1.82, 2.24) is 0 Å². The smallest absolute Gasteiger partial charge is 0.336 e. The average molecular weight is 364 g/mol. The van der Waals surface area contributed by atoms with E-state index in [1.54, 1.807) is 36.4 Å². The Bertz CT molecular complexity index is 768. The van der Waals surface area contributed by atoms with Crippen molar-refractivity contribution >= 4 is 32.7 Å². The molecule has 0 bridgehead atoms. The summed E-state index contributed by atoms with van der Waals surface area (Å²) in [7, 11) is -1.42. The first-order chi connectivity index (χ1) is 10.0. The zero-order valence-electron chi connectivity index (χ0n) is 10.7. The zero-order chi connectivity index (χ0) is 15.4. The number of nitrogens with zero attached hydrogens (tertiary/aromatic N) is 1. The third-order valence-electron chi connectivity index (χ3n) is 2.86. The normalized spacial score (nSPS) is 11.6. The summed E-state index contributed by atoms with van der Waals surface area (Å²) in [6.45, 7) is 0. The molecule has 0 aliphatic rings. The number of aromatic carboxylic acids is 1. The first-order valence-electron chi connectivity index (χ1n) is 5.92. The van der Waals surface area contributed by atoms with Crippen molar-refractivity contribution in [2.75, 3.05) is 0 Å². The van der Waals surface area contributed by atoms with Crippen molar-refractivity contribution in [3.8, 4) is 6.07 Å². The molecule has 0 aromatic heterocycles. The SMILES string of the molecule is N#Cc1ccccc1CS(=O)c1ccc(Br)c(C(=O)O)c1. The van der Waals surface area contributed by atoms with Crippen molar-refractivity contribution in [2.45, 2.75) is 10.6 Å². The lowest BCUT2D eigenvalue weighted by Gasteiger charge is -2.06. The quantitative estimate of drug-likeness (QED) is 0.903. The molecule has 2 aromatic carbocycles. The highest BCUT2D eigenvalue weighted by Gasteiger charge is 2.13. The summed E-state index contributed by atoms with van der Waals surface area (Å²) in [5.41, 5.74) is 1.22. The molecule has 0 aliphatic carbocycles. The molecule has 6 heteroatoms. The van der Waals surface area contributed by atoms with Crippen LogP contribution in [0.1, 0.15) is 21.5 Å². The van der Waals surface area contributed by atoms with E-state index in [9.17, 15) is 9.00 Å². The minimum atomic E-state index is -1.42. The monoisotopic (exact) mass is 363 g/mol. The van der Waals surface area contributed by atoms with E-state index in [2.05, 4.69) is 22.0 Å². The topological polar surface area (TPSA) is 78.2 Å². The van der Waals surface area contributed by atoms with Gasteiger partial charge < -0.3 is 5.11 Å². The van der Waals surface area contributed by atoms with Crippen LogP contribution in [0.15, 0.2) is 51.8 Å². The molecule has 1 N–H and O–H groups in total. The van der Waals surface area contributed by atoms with Gasteiger partial charge in [0, 0.05) is 9.37 Å². The van der Waals surface area contributed by atoms with Gasteiger partial charge in [-0.25, -0.2) is 4.79 Å². The second kappa shape index (κ2) is 6.66. The molecule has 0 spiro atoms. The van der Waals surface area contributed by atoms with Gasteiger partial charge in [0.1, 0.15) is 0 Å². The molecule has 0 aliphatic heterocycles. The number of benzene rings is 2. The molecular formula is C15H10BrNO3S. The van der Waals surface area contributed by atoms with Gasteiger partial charge in [-0.15, -0.1) is 0 Å². The molecule has 106 valence electrons. The second-order valence-electron chi connectivity index (χ2n) is 4.21. The third kappa shape index (κ3) is 3.57. The molecule has 0 saturated heterocycles.